The highest BCUT2D eigenvalue weighted by Gasteiger charge is 2.52. The molecule has 0 saturated carbocycles. The number of amides is 3. The van der Waals surface area contributed by atoms with Crippen LogP contribution in [-0.2, 0) is 28.9 Å². The average Bonchev–Trinajstić information content (AvgIpc) is 1.63. The van der Waals surface area contributed by atoms with Gasteiger partial charge in [0.2, 0.25) is 0 Å². The maximum Gasteiger partial charge on any atom is 0.494 e. The molecule has 32 heteroatoms. The molecule has 6 bridgehead atoms. The third-order valence-electron chi connectivity index (χ3n) is 16.4. The van der Waals surface area contributed by atoms with Crippen molar-refractivity contribution in [2.75, 3.05) is 35.8 Å². The van der Waals surface area contributed by atoms with Gasteiger partial charge in [0, 0.05) is 46.5 Å². The molecule has 25 nitrogen and oxygen atoms in total. The van der Waals surface area contributed by atoms with Gasteiger partial charge in [0.25, 0.3) is 30.6 Å². The molecule has 101 heavy (non-hydrogen) atoms. The van der Waals surface area contributed by atoms with Gasteiger partial charge in [-0.3, -0.25) is 24.4 Å². The summed E-state index contributed by atoms with van der Waals surface area (Å²) < 4.78 is 86.6. The number of hydrogen-bond acceptors (Lipinski definition) is 19. The zero-order chi connectivity index (χ0) is 70.8. The number of anilines is 3. The summed E-state index contributed by atoms with van der Waals surface area (Å²) in [6.07, 6.45) is 4.70. The quantitative estimate of drug-likeness (QED) is 0.109. The van der Waals surface area contributed by atoms with Gasteiger partial charge in [-0.1, -0.05) is 52.3 Å². The zero-order valence-electron chi connectivity index (χ0n) is 54.5. The van der Waals surface area contributed by atoms with Crippen molar-refractivity contribution in [1.29, 1.82) is 0 Å². The Hall–Kier alpha value is -10.7. The van der Waals surface area contributed by atoms with E-state index in [-0.39, 0.29) is 23.2 Å². The van der Waals surface area contributed by atoms with Crippen LogP contribution in [0.15, 0.2) is 174 Å². The van der Waals surface area contributed by atoms with Crippen LogP contribution >= 0.6 is 31.9 Å². The molecule has 516 valence electrons. The summed E-state index contributed by atoms with van der Waals surface area (Å²) >= 11 is 6.49. The molecule has 12 heterocycles. The van der Waals surface area contributed by atoms with Crippen LogP contribution in [0.1, 0.15) is 102 Å². The second kappa shape index (κ2) is 31.2. The van der Waals surface area contributed by atoms with E-state index in [0.29, 0.717) is 154 Å². The summed E-state index contributed by atoms with van der Waals surface area (Å²) in [6, 6.07) is 37.6. The SMILES string of the molecule is CC1(C)OB(c2ccc3c(c2)C(=O)Nc2cccc(n2)-c2nncn2CCCO3)OC1(C)C.FC(F)c1ccc(Br)cn1.O=C1Nc2cccc(n2)-c2nncn2CCCOc2ccc(-c3ccc(C(F)F)nc3)cc21.O=C1Nc2cccc(n2)-c2nncn2CCCOc2ccc(Br)cc21. The second-order valence-corrected chi connectivity index (χ2v) is 25.7. The van der Waals surface area contributed by atoms with Crippen LogP contribution in [0.3, 0.4) is 0 Å². The number of benzene rings is 3. The molecule has 11 aromatic rings. The lowest BCUT2D eigenvalue weighted by atomic mass is 9.78. The smallest absolute Gasteiger partial charge is 0.493 e. The van der Waals surface area contributed by atoms with E-state index in [0.717, 1.165) is 16.4 Å². The van der Waals surface area contributed by atoms with Crippen LogP contribution in [-0.4, -0.2) is 125 Å². The van der Waals surface area contributed by atoms with Gasteiger partial charge in [-0.25, -0.2) is 32.5 Å². The molecule has 0 aliphatic carbocycles. The summed E-state index contributed by atoms with van der Waals surface area (Å²) in [6.45, 7) is 11.2. The van der Waals surface area contributed by atoms with E-state index in [1.807, 2.05) is 77.8 Å². The molecule has 3 N–H and O–H groups in total. The van der Waals surface area contributed by atoms with Gasteiger partial charge >= 0.3 is 7.12 Å². The number of rotatable bonds is 4. The Kier molecular flexibility index (Phi) is 21.7. The fraction of sp³-hybridized carbons (Fsp3) is 0.246. The maximum absolute atomic E-state index is 13.3. The number of fused-ring (bicyclic) bond motifs is 15. The number of nitrogens with one attached hydrogen (secondary N) is 3. The van der Waals surface area contributed by atoms with Crippen molar-refractivity contribution in [2.45, 2.75) is 90.6 Å². The van der Waals surface area contributed by atoms with Gasteiger partial charge in [0.1, 0.15) is 82.2 Å². The predicted molar refractivity (Wildman–Crippen MR) is 372 cm³/mol. The number of carbonyl (C=O) groups is 3. The molecule has 3 amide bonds. The van der Waals surface area contributed by atoms with Crippen LogP contribution in [0, 0.1) is 0 Å². The fourth-order valence-corrected chi connectivity index (χ4v) is 11.2. The van der Waals surface area contributed by atoms with E-state index >= 15 is 0 Å². The topological polar surface area (TPSA) is 290 Å². The molecule has 4 aliphatic heterocycles. The second-order valence-electron chi connectivity index (χ2n) is 23.9. The first-order valence-corrected chi connectivity index (χ1v) is 33.3. The summed E-state index contributed by atoms with van der Waals surface area (Å²) in [7, 11) is -0.580. The highest BCUT2D eigenvalue weighted by molar-refractivity contribution is 9.10. The molecule has 15 rings (SSSR count). The largest absolute Gasteiger partial charge is 0.494 e. The Bertz CT molecular complexity index is 4760. The molecule has 4 aliphatic rings. The molecule has 0 radical (unpaired) electrons. The monoisotopic (exact) mass is 1500 g/mol. The fourth-order valence-electron chi connectivity index (χ4n) is 10.6. The number of halogens is 6. The number of hydrogen-bond donors (Lipinski definition) is 3. The van der Waals surface area contributed by atoms with Crippen LogP contribution in [0.25, 0.3) is 45.7 Å². The minimum absolute atomic E-state index is 0.191. The Balaban J connectivity index is 0.000000135. The molecule has 0 unspecified atom stereocenters. The summed E-state index contributed by atoms with van der Waals surface area (Å²) in [5.41, 5.74) is 3.60. The molecule has 3 aromatic carbocycles. The van der Waals surface area contributed by atoms with E-state index in [4.69, 9.17) is 23.5 Å². The van der Waals surface area contributed by atoms with Gasteiger partial charge < -0.3 is 53.2 Å². The third kappa shape index (κ3) is 17.0. The molecular formula is C69H62BBr2F4N17O8. The first kappa shape index (κ1) is 70.2. The van der Waals surface area contributed by atoms with E-state index in [9.17, 15) is 31.9 Å². The van der Waals surface area contributed by atoms with Crippen molar-refractivity contribution in [2.24, 2.45) is 0 Å². The Morgan fingerprint density at radius 1 is 0.465 bits per heavy atom. The summed E-state index contributed by atoms with van der Waals surface area (Å²) in [5.74, 6) is 3.56. The van der Waals surface area contributed by atoms with E-state index < -0.39 is 37.1 Å². The number of pyridine rings is 5. The van der Waals surface area contributed by atoms with Gasteiger partial charge in [0.15, 0.2) is 17.5 Å². The Morgan fingerprint density at radius 3 is 1.29 bits per heavy atom. The van der Waals surface area contributed by atoms with Crippen molar-refractivity contribution in [3.63, 3.8) is 0 Å². The number of ether oxygens (including phenoxy) is 3. The van der Waals surface area contributed by atoms with E-state index in [1.165, 1.54) is 30.6 Å². The summed E-state index contributed by atoms with van der Waals surface area (Å²) in [5, 5.41) is 32.9. The number of nitrogens with zero attached hydrogens (tertiary/aromatic N) is 14. The maximum atomic E-state index is 13.3. The Labute approximate surface area is 592 Å². The van der Waals surface area contributed by atoms with Crippen molar-refractivity contribution < 1.29 is 55.5 Å². The summed E-state index contributed by atoms with van der Waals surface area (Å²) in [4.78, 5) is 60.0. The minimum Gasteiger partial charge on any atom is -0.493 e. The van der Waals surface area contributed by atoms with E-state index in [1.54, 1.807) is 97.8 Å². The van der Waals surface area contributed by atoms with Crippen molar-refractivity contribution in [3.05, 3.63) is 202 Å². The van der Waals surface area contributed by atoms with Crippen molar-refractivity contribution >= 4 is 79.6 Å². The normalized spacial score (nSPS) is 15.2. The first-order valence-electron chi connectivity index (χ1n) is 31.7. The molecular weight excluding hydrogens is 1440 g/mol. The number of aromatic nitrogens is 14. The van der Waals surface area contributed by atoms with Gasteiger partial charge in [-0.15, -0.1) is 30.6 Å². The van der Waals surface area contributed by atoms with Crippen LogP contribution in [0.5, 0.6) is 17.2 Å². The van der Waals surface area contributed by atoms with E-state index in [2.05, 4.69) is 103 Å². The highest BCUT2D eigenvalue weighted by Crippen LogP contribution is 2.38. The average molecular weight is 1500 g/mol. The molecule has 0 atom stereocenters. The zero-order valence-corrected chi connectivity index (χ0v) is 57.7. The van der Waals surface area contributed by atoms with Crippen LogP contribution in [0.4, 0.5) is 35.0 Å². The van der Waals surface area contributed by atoms with Crippen molar-refractivity contribution in [3.8, 4) is 62.9 Å². The highest BCUT2D eigenvalue weighted by atomic mass is 79.9. The molecule has 1 saturated heterocycles. The number of alkyl halides is 4. The van der Waals surface area contributed by atoms with Crippen molar-refractivity contribution in [1.82, 2.24) is 69.2 Å². The Morgan fingerprint density at radius 2 is 0.861 bits per heavy atom. The number of aryl methyl sites for hydroxylation is 3. The molecule has 8 aromatic heterocycles. The molecule has 0 spiro atoms. The lowest BCUT2D eigenvalue weighted by Crippen LogP contribution is -2.41. The van der Waals surface area contributed by atoms with Crippen LogP contribution < -0.4 is 35.6 Å². The number of carbonyl (C=O) groups excluding carboxylic acids is 3. The van der Waals surface area contributed by atoms with Gasteiger partial charge in [-0.05, 0) is 171 Å². The standard InChI is InChI=1S/C23H26BN5O4.C23H18F2N6O2.C17H14BrN5O2.C6H4BrF2N/c1-22(2)23(3,4)33-24(32-22)15-9-10-18-16(13-15)21(30)27-19-8-5-7-17(26-19)20-28-25-14-29(20)11-6-12-31-18;24-21(25)17-7-5-15(12-26-17)14-6-8-19-16(11-14)23(32)29-20-4-1-3-18(28-20)22-30-27-13-31(22)9-2-10-33-19;18-11-5-6-14-12(9-11)17(24)21-15-4-1-3-13(20-15)16-22-19-10-23(16)7-2-8-25-14;7-4-1-2-5(6(8)9)10-3-4/h5,7-10,13-14H,6,11-12H2,1-4H3,(H,26,27,30);1,3-8,11-13,21H,2,9-10H2,(H,28,29,32);1,3-6,9-10H,2,7-8H2,(H,20,21,24);1-3,6H. The predicted octanol–water partition coefficient (Wildman–Crippen LogP) is 13.0. The van der Waals surface area contributed by atoms with Crippen LogP contribution in [0.2, 0.25) is 0 Å². The van der Waals surface area contributed by atoms with Gasteiger partial charge in [-0.2, -0.15) is 0 Å². The lowest BCUT2D eigenvalue weighted by Gasteiger charge is -2.32. The minimum atomic E-state index is -2.64. The first-order chi connectivity index (χ1) is 48.7. The van der Waals surface area contributed by atoms with Gasteiger partial charge in [0.05, 0.1) is 47.7 Å². The third-order valence-corrected chi connectivity index (χ3v) is 17.4. The lowest BCUT2D eigenvalue weighted by molar-refractivity contribution is 0.00578. The molecule has 1 fully saturated rings.